The van der Waals surface area contributed by atoms with Gasteiger partial charge in [-0.1, -0.05) is 31.5 Å². The van der Waals surface area contributed by atoms with E-state index in [1.54, 1.807) is 17.8 Å². The quantitative estimate of drug-likeness (QED) is 0.751. The number of nitrogens with one attached hydrogen (secondary N) is 1. The molecule has 2 atom stereocenters. The first-order valence-corrected chi connectivity index (χ1v) is 10.5. The van der Waals surface area contributed by atoms with Gasteiger partial charge in [-0.2, -0.15) is 11.8 Å². The summed E-state index contributed by atoms with van der Waals surface area (Å²) in [6.45, 7) is 7.42. The van der Waals surface area contributed by atoms with Gasteiger partial charge in [0, 0.05) is 24.7 Å². The number of hydrogen-bond acceptors (Lipinski definition) is 4. The van der Waals surface area contributed by atoms with Gasteiger partial charge in [0.25, 0.3) is 5.91 Å². The smallest absolute Gasteiger partial charge is 0.251 e. The van der Waals surface area contributed by atoms with Crippen LogP contribution in [0.15, 0.2) is 24.3 Å². The van der Waals surface area contributed by atoms with Crippen LogP contribution in [0.1, 0.15) is 42.6 Å². The standard InChI is InChI=1S/C20H31N3O2S.ClH/c1-14-6-5-7-15(12-14)18(24)22-16(9-11-26-4)19(25)23-10-8-17(21)20(2,3)13-23;/h5-7,12,16-17H,8-11,13,21H2,1-4H3,(H,22,24);1H. The first kappa shape index (κ1) is 23.8. The summed E-state index contributed by atoms with van der Waals surface area (Å²) in [6.07, 6.45) is 3.42. The number of nitrogens with zero attached hydrogens (tertiary/aromatic N) is 1. The van der Waals surface area contributed by atoms with E-state index in [2.05, 4.69) is 19.2 Å². The van der Waals surface area contributed by atoms with Crippen molar-refractivity contribution >= 4 is 36.0 Å². The monoisotopic (exact) mass is 413 g/mol. The van der Waals surface area contributed by atoms with E-state index in [4.69, 9.17) is 5.73 Å². The van der Waals surface area contributed by atoms with E-state index < -0.39 is 6.04 Å². The van der Waals surface area contributed by atoms with Crippen molar-refractivity contribution in [1.82, 2.24) is 10.2 Å². The van der Waals surface area contributed by atoms with E-state index in [1.165, 1.54) is 0 Å². The highest BCUT2D eigenvalue weighted by Crippen LogP contribution is 2.28. The van der Waals surface area contributed by atoms with Crippen molar-refractivity contribution in [2.75, 3.05) is 25.1 Å². The molecule has 27 heavy (non-hydrogen) atoms. The Labute approximate surface area is 173 Å². The summed E-state index contributed by atoms with van der Waals surface area (Å²) in [4.78, 5) is 27.6. The number of carbonyl (C=O) groups is 2. The highest BCUT2D eigenvalue weighted by atomic mass is 35.5. The molecule has 2 amide bonds. The van der Waals surface area contributed by atoms with E-state index in [0.717, 1.165) is 17.7 Å². The predicted molar refractivity (Wildman–Crippen MR) is 116 cm³/mol. The first-order chi connectivity index (χ1) is 12.2. The normalized spacial score (nSPS) is 19.7. The van der Waals surface area contributed by atoms with Crippen LogP contribution in [0, 0.1) is 12.3 Å². The molecule has 0 aromatic heterocycles. The van der Waals surface area contributed by atoms with Gasteiger partial charge in [-0.3, -0.25) is 9.59 Å². The summed E-state index contributed by atoms with van der Waals surface area (Å²) < 4.78 is 0. The Hall–Kier alpha value is -1.24. The van der Waals surface area contributed by atoms with Crippen molar-refractivity contribution in [1.29, 1.82) is 0 Å². The van der Waals surface area contributed by atoms with Crippen molar-refractivity contribution in [2.24, 2.45) is 11.1 Å². The second kappa shape index (κ2) is 10.3. The lowest BCUT2D eigenvalue weighted by Gasteiger charge is -2.43. The van der Waals surface area contributed by atoms with Crippen molar-refractivity contribution in [3.63, 3.8) is 0 Å². The molecule has 152 valence electrons. The number of aryl methyl sites for hydroxylation is 1. The Morgan fingerprint density at radius 1 is 1.41 bits per heavy atom. The average Bonchev–Trinajstić information content (AvgIpc) is 2.60. The highest BCUT2D eigenvalue weighted by molar-refractivity contribution is 7.98. The molecule has 0 spiro atoms. The van der Waals surface area contributed by atoms with Gasteiger partial charge in [0.2, 0.25) is 5.91 Å². The summed E-state index contributed by atoms with van der Waals surface area (Å²) in [5.74, 6) is 0.627. The number of piperidine rings is 1. The summed E-state index contributed by atoms with van der Waals surface area (Å²) in [5, 5.41) is 2.96. The first-order valence-electron chi connectivity index (χ1n) is 9.15. The Morgan fingerprint density at radius 3 is 2.70 bits per heavy atom. The fourth-order valence-electron chi connectivity index (χ4n) is 3.30. The zero-order chi connectivity index (χ0) is 19.3. The number of amides is 2. The van der Waals surface area contributed by atoms with E-state index in [0.29, 0.717) is 25.1 Å². The zero-order valence-corrected chi connectivity index (χ0v) is 18.3. The van der Waals surface area contributed by atoms with Crippen LogP contribution >= 0.6 is 24.2 Å². The lowest BCUT2D eigenvalue weighted by atomic mass is 9.79. The number of carbonyl (C=O) groups excluding carboxylic acids is 2. The van der Waals surface area contributed by atoms with Gasteiger partial charge in [-0.15, -0.1) is 12.4 Å². The Kier molecular flexibility index (Phi) is 9.12. The van der Waals surface area contributed by atoms with Gasteiger partial charge >= 0.3 is 0 Å². The number of halogens is 1. The molecular formula is C20H32ClN3O2S. The van der Waals surface area contributed by atoms with E-state index in [1.807, 2.05) is 36.3 Å². The number of likely N-dealkylation sites (tertiary alicyclic amines) is 1. The maximum atomic E-state index is 13.1. The van der Waals surface area contributed by atoms with Gasteiger partial charge in [-0.05, 0) is 49.3 Å². The van der Waals surface area contributed by atoms with Crippen LogP contribution in [0.3, 0.4) is 0 Å². The number of rotatable bonds is 6. The molecule has 3 N–H and O–H groups in total. The molecule has 5 nitrogen and oxygen atoms in total. The summed E-state index contributed by atoms with van der Waals surface area (Å²) in [7, 11) is 0. The van der Waals surface area contributed by atoms with E-state index in [9.17, 15) is 9.59 Å². The fourth-order valence-corrected chi connectivity index (χ4v) is 3.77. The topological polar surface area (TPSA) is 75.4 Å². The molecule has 2 rings (SSSR count). The molecule has 0 radical (unpaired) electrons. The largest absolute Gasteiger partial charge is 0.340 e. The summed E-state index contributed by atoms with van der Waals surface area (Å²) >= 11 is 1.68. The molecule has 0 bridgehead atoms. The van der Waals surface area contributed by atoms with Crippen LogP contribution < -0.4 is 11.1 Å². The van der Waals surface area contributed by atoms with Crippen LogP contribution in [0.25, 0.3) is 0 Å². The third kappa shape index (κ3) is 6.40. The van der Waals surface area contributed by atoms with Crippen LogP contribution in [0.5, 0.6) is 0 Å². The maximum absolute atomic E-state index is 13.1. The Morgan fingerprint density at radius 2 is 2.11 bits per heavy atom. The molecule has 7 heteroatoms. The van der Waals surface area contributed by atoms with Crippen LogP contribution in [0.4, 0.5) is 0 Å². The SMILES string of the molecule is CSCCC(NC(=O)c1cccc(C)c1)C(=O)N1CCC(N)C(C)(C)C1.Cl. The number of hydrogen-bond donors (Lipinski definition) is 2. The van der Waals surface area contributed by atoms with Gasteiger partial charge in [0.05, 0.1) is 0 Å². The Bertz CT molecular complexity index is 654. The molecule has 1 saturated heterocycles. The lowest BCUT2D eigenvalue weighted by Crippen LogP contribution is -2.58. The van der Waals surface area contributed by atoms with Crippen LogP contribution in [-0.4, -0.2) is 53.9 Å². The van der Waals surface area contributed by atoms with Crippen molar-refractivity contribution in [3.8, 4) is 0 Å². The van der Waals surface area contributed by atoms with Gasteiger partial charge in [0.15, 0.2) is 0 Å². The van der Waals surface area contributed by atoms with Gasteiger partial charge in [0.1, 0.15) is 6.04 Å². The molecule has 2 unspecified atom stereocenters. The predicted octanol–water partition coefficient (Wildman–Crippen LogP) is 2.85. The van der Waals surface area contributed by atoms with Crippen molar-refractivity contribution in [3.05, 3.63) is 35.4 Å². The second-order valence-corrected chi connectivity index (χ2v) is 8.81. The minimum absolute atomic E-state index is 0. The second-order valence-electron chi connectivity index (χ2n) is 7.82. The third-order valence-corrected chi connectivity index (χ3v) is 5.76. The van der Waals surface area contributed by atoms with Crippen LogP contribution in [0.2, 0.25) is 0 Å². The van der Waals surface area contributed by atoms with Crippen molar-refractivity contribution < 1.29 is 9.59 Å². The van der Waals surface area contributed by atoms with Crippen molar-refractivity contribution in [2.45, 2.75) is 45.7 Å². The molecule has 0 aliphatic carbocycles. The van der Waals surface area contributed by atoms with E-state index in [-0.39, 0.29) is 35.7 Å². The molecule has 1 aliphatic heterocycles. The fraction of sp³-hybridized carbons (Fsp3) is 0.600. The third-order valence-electron chi connectivity index (χ3n) is 5.12. The lowest BCUT2D eigenvalue weighted by molar-refractivity contribution is -0.136. The zero-order valence-electron chi connectivity index (χ0n) is 16.7. The minimum Gasteiger partial charge on any atom is -0.340 e. The van der Waals surface area contributed by atoms with Crippen LogP contribution in [-0.2, 0) is 4.79 Å². The minimum atomic E-state index is -0.499. The summed E-state index contributed by atoms with van der Waals surface area (Å²) in [6, 6.07) is 7.03. The Balaban J connectivity index is 0.00000364. The molecule has 1 fully saturated rings. The molecular weight excluding hydrogens is 382 g/mol. The molecule has 1 aliphatic rings. The number of benzene rings is 1. The van der Waals surface area contributed by atoms with Gasteiger partial charge in [-0.25, -0.2) is 0 Å². The van der Waals surface area contributed by atoms with Gasteiger partial charge < -0.3 is 16.0 Å². The molecule has 0 saturated carbocycles. The number of thioether (sulfide) groups is 1. The summed E-state index contributed by atoms with van der Waals surface area (Å²) in [5.41, 5.74) is 7.69. The maximum Gasteiger partial charge on any atom is 0.251 e. The number of nitrogens with two attached hydrogens (primary N) is 1. The highest BCUT2D eigenvalue weighted by Gasteiger charge is 2.37. The molecule has 1 aromatic carbocycles. The molecule has 1 aromatic rings. The molecule has 1 heterocycles. The average molecular weight is 414 g/mol. The van der Waals surface area contributed by atoms with E-state index >= 15 is 0 Å².